The van der Waals surface area contributed by atoms with Gasteiger partial charge in [-0.1, -0.05) is 18.2 Å². The summed E-state index contributed by atoms with van der Waals surface area (Å²) in [6.07, 6.45) is 0.485. The summed E-state index contributed by atoms with van der Waals surface area (Å²) in [5, 5.41) is 20.8. The van der Waals surface area contributed by atoms with Gasteiger partial charge in [-0.3, -0.25) is 4.79 Å². The zero-order valence-corrected chi connectivity index (χ0v) is 8.23. The van der Waals surface area contributed by atoms with Crippen LogP contribution in [0.5, 0.6) is 0 Å². The lowest BCUT2D eigenvalue weighted by Crippen LogP contribution is -2.41. The number of hydrogen-bond donors (Lipinski definition) is 3. The maximum Gasteiger partial charge on any atom is 0.321 e. The fourth-order valence-electron chi connectivity index (χ4n) is 1.84. The highest BCUT2D eigenvalue weighted by Gasteiger charge is 2.23. The maximum absolute atomic E-state index is 10.8. The smallest absolute Gasteiger partial charge is 0.321 e. The van der Waals surface area contributed by atoms with Gasteiger partial charge in [0.2, 0.25) is 0 Å². The molecule has 1 unspecified atom stereocenters. The van der Waals surface area contributed by atoms with Crippen LogP contribution < -0.4 is 5.32 Å². The fraction of sp³-hybridized carbons (Fsp3) is 0.364. The minimum atomic E-state index is -0.824. The van der Waals surface area contributed by atoms with Crippen LogP contribution in [0.2, 0.25) is 0 Å². The number of nitrogens with one attached hydrogen (secondary N) is 1. The first kappa shape index (κ1) is 10.1. The van der Waals surface area contributed by atoms with Crippen molar-refractivity contribution in [3.63, 3.8) is 0 Å². The second-order valence-electron chi connectivity index (χ2n) is 3.74. The normalized spacial score (nSPS) is 19.7. The molecule has 4 heteroatoms. The van der Waals surface area contributed by atoms with Crippen molar-refractivity contribution in [1.29, 1.82) is 0 Å². The Kier molecular flexibility index (Phi) is 2.70. The van der Waals surface area contributed by atoms with Gasteiger partial charge in [-0.15, -0.1) is 0 Å². The summed E-state index contributed by atoms with van der Waals surface area (Å²) in [5.41, 5.74) is 2.97. The lowest BCUT2D eigenvalue weighted by molar-refractivity contribution is -0.139. The van der Waals surface area contributed by atoms with E-state index < -0.39 is 12.0 Å². The molecule has 0 radical (unpaired) electrons. The number of carboxylic acids is 1. The summed E-state index contributed by atoms with van der Waals surface area (Å²) >= 11 is 0. The molecule has 1 heterocycles. The SMILES string of the molecule is O=C(O)C1Cc2cc(CO)ccc2CN1. The van der Waals surface area contributed by atoms with Crippen molar-refractivity contribution >= 4 is 5.97 Å². The van der Waals surface area contributed by atoms with E-state index in [2.05, 4.69) is 5.32 Å². The highest BCUT2D eigenvalue weighted by atomic mass is 16.4. The molecule has 0 fully saturated rings. The Hall–Kier alpha value is -1.39. The number of fused-ring (bicyclic) bond motifs is 1. The molecule has 4 nitrogen and oxygen atoms in total. The fourth-order valence-corrected chi connectivity index (χ4v) is 1.84. The number of carbonyl (C=O) groups is 1. The second-order valence-corrected chi connectivity index (χ2v) is 3.74. The predicted molar refractivity (Wildman–Crippen MR) is 54.3 cm³/mol. The van der Waals surface area contributed by atoms with Crippen molar-refractivity contribution in [3.05, 3.63) is 34.9 Å². The van der Waals surface area contributed by atoms with Gasteiger partial charge in [-0.2, -0.15) is 0 Å². The van der Waals surface area contributed by atoms with Gasteiger partial charge >= 0.3 is 5.97 Å². The Morgan fingerprint density at radius 3 is 2.93 bits per heavy atom. The molecule has 80 valence electrons. The molecular formula is C11H13NO3. The standard InChI is InChI=1S/C11H13NO3/c13-6-7-1-2-8-5-12-10(11(14)15)4-9(8)3-7/h1-3,10,12-13H,4-6H2,(H,14,15). The van der Waals surface area contributed by atoms with Gasteiger partial charge in [0.25, 0.3) is 0 Å². The van der Waals surface area contributed by atoms with Gasteiger partial charge in [0.1, 0.15) is 6.04 Å². The molecule has 15 heavy (non-hydrogen) atoms. The van der Waals surface area contributed by atoms with Gasteiger partial charge in [0.15, 0.2) is 0 Å². The van der Waals surface area contributed by atoms with Gasteiger partial charge in [0, 0.05) is 6.54 Å². The Morgan fingerprint density at radius 2 is 2.27 bits per heavy atom. The molecule has 1 aliphatic rings. The topological polar surface area (TPSA) is 69.6 Å². The molecule has 2 rings (SSSR count). The summed E-state index contributed by atoms with van der Waals surface area (Å²) < 4.78 is 0. The third-order valence-electron chi connectivity index (χ3n) is 2.71. The molecule has 0 amide bonds. The summed E-state index contributed by atoms with van der Waals surface area (Å²) in [6, 6.07) is 5.17. The van der Waals surface area contributed by atoms with E-state index in [1.54, 1.807) is 0 Å². The van der Waals surface area contributed by atoms with Crippen molar-refractivity contribution in [3.8, 4) is 0 Å². The summed E-state index contributed by atoms with van der Waals surface area (Å²) in [6.45, 7) is 0.580. The molecule has 0 saturated carbocycles. The van der Waals surface area contributed by atoms with Crippen molar-refractivity contribution in [2.24, 2.45) is 0 Å². The van der Waals surface area contributed by atoms with Gasteiger partial charge in [-0.25, -0.2) is 0 Å². The third-order valence-corrected chi connectivity index (χ3v) is 2.71. The van der Waals surface area contributed by atoms with E-state index >= 15 is 0 Å². The summed E-state index contributed by atoms with van der Waals surface area (Å²) in [5.74, 6) is -0.824. The molecule has 1 atom stereocenters. The van der Waals surface area contributed by atoms with E-state index in [0.717, 1.165) is 16.7 Å². The first-order chi connectivity index (χ1) is 7.20. The lowest BCUT2D eigenvalue weighted by atomic mass is 9.94. The van der Waals surface area contributed by atoms with E-state index in [-0.39, 0.29) is 6.61 Å². The van der Waals surface area contributed by atoms with E-state index in [1.807, 2.05) is 18.2 Å². The number of carboxylic acid groups (broad SMARTS) is 1. The van der Waals surface area contributed by atoms with Crippen LogP contribution in [0.15, 0.2) is 18.2 Å². The monoisotopic (exact) mass is 207 g/mol. The Labute approximate surface area is 87.6 Å². The molecular weight excluding hydrogens is 194 g/mol. The minimum absolute atomic E-state index is 0.00154. The van der Waals surface area contributed by atoms with Crippen LogP contribution in [0.3, 0.4) is 0 Å². The highest BCUT2D eigenvalue weighted by Crippen LogP contribution is 2.18. The number of hydrogen-bond acceptors (Lipinski definition) is 3. The number of rotatable bonds is 2. The quantitative estimate of drug-likeness (QED) is 0.651. The molecule has 0 aliphatic carbocycles. The third kappa shape index (κ3) is 2.00. The first-order valence-corrected chi connectivity index (χ1v) is 4.88. The number of benzene rings is 1. The van der Waals surface area contributed by atoms with E-state index in [4.69, 9.17) is 10.2 Å². The van der Waals surface area contributed by atoms with Crippen LogP contribution in [0.25, 0.3) is 0 Å². The highest BCUT2D eigenvalue weighted by molar-refractivity contribution is 5.74. The van der Waals surface area contributed by atoms with Gasteiger partial charge in [-0.05, 0) is 23.1 Å². The van der Waals surface area contributed by atoms with E-state index in [1.165, 1.54) is 0 Å². The summed E-state index contributed by atoms with van der Waals surface area (Å²) in [4.78, 5) is 10.8. The zero-order valence-electron chi connectivity index (χ0n) is 8.23. The van der Waals surface area contributed by atoms with E-state index in [9.17, 15) is 4.79 Å². The van der Waals surface area contributed by atoms with Gasteiger partial charge in [0.05, 0.1) is 6.61 Å². The molecule has 0 aromatic heterocycles. The molecule has 0 spiro atoms. The predicted octanol–water partition coefficient (Wildman–Crippen LogP) is 0.278. The largest absolute Gasteiger partial charge is 0.480 e. The number of aliphatic hydroxyl groups excluding tert-OH is 1. The number of aliphatic hydroxyl groups is 1. The van der Waals surface area contributed by atoms with Crippen molar-refractivity contribution < 1.29 is 15.0 Å². The molecule has 3 N–H and O–H groups in total. The first-order valence-electron chi connectivity index (χ1n) is 4.88. The Bertz CT molecular complexity index is 389. The zero-order chi connectivity index (χ0) is 10.8. The molecule has 0 bridgehead atoms. The van der Waals surface area contributed by atoms with E-state index in [0.29, 0.717) is 13.0 Å². The molecule has 1 aromatic rings. The molecule has 0 saturated heterocycles. The minimum Gasteiger partial charge on any atom is -0.480 e. The summed E-state index contributed by atoms with van der Waals surface area (Å²) in [7, 11) is 0. The van der Waals surface area contributed by atoms with Crippen LogP contribution in [0.1, 0.15) is 16.7 Å². The Morgan fingerprint density at radius 1 is 1.47 bits per heavy atom. The van der Waals surface area contributed by atoms with Crippen LogP contribution in [0.4, 0.5) is 0 Å². The maximum atomic E-state index is 10.8. The van der Waals surface area contributed by atoms with Crippen molar-refractivity contribution in [2.45, 2.75) is 25.6 Å². The average Bonchev–Trinajstić information content (AvgIpc) is 2.27. The second kappa shape index (κ2) is 4.00. The van der Waals surface area contributed by atoms with Crippen molar-refractivity contribution in [2.75, 3.05) is 0 Å². The molecule has 1 aromatic carbocycles. The van der Waals surface area contributed by atoms with Crippen molar-refractivity contribution in [1.82, 2.24) is 5.32 Å². The van der Waals surface area contributed by atoms with Gasteiger partial charge < -0.3 is 15.5 Å². The Balaban J connectivity index is 2.27. The number of aliphatic carboxylic acids is 1. The lowest BCUT2D eigenvalue weighted by Gasteiger charge is -2.23. The van der Waals surface area contributed by atoms with Crippen LogP contribution in [0, 0.1) is 0 Å². The van der Waals surface area contributed by atoms with Crippen LogP contribution in [-0.4, -0.2) is 22.2 Å². The van der Waals surface area contributed by atoms with Crippen LogP contribution in [-0.2, 0) is 24.4 Å². The van der Waals surface area contributed by atoms with Crippen LogP contribution >= 0.6 is 0 Å². The molecule has 1 aliphatic heterocycles. The average molecular weight is 207 g/mol.